The molecule has 2 N–H and O–H groups in total. The second-order valence-electron chi connectivity index (χ2n) is 12.0. The highest BCUT2D eigenvalue weighted by atomic mass is 19.1. The highest BCUT2D eigenvalue weighted by molar-refractivity contribution is 5.91. The number of rotatable bonds is 9. The van der Waals surface area contributed by atoms with Gasteiger partial charge >= 0.3 is 6.03 Å². The van der Waals surface area contributed by atoms with Crippen LogP contribution in [-0.2, 0) is 14.3 Å². The Hall–Kier alpha value is -4.50. The molecule has 3 saturated heterocycles. The highest BCUT2D eigenvalue weighted by Crippen LogP contribution is 2.39. The van der Waals surface area contributed by atoms with Gasteiger partial charge in [0.05, 0.1) is 31.5 Å². The van der Waals surface area contributed by atoms with Crippen LogP contribution in [0.2, 0.25) is 0 Å². The molecule has 1 aromatic carbocycles. The number of halogens is 1. The number of para-hydroxylation sites is 1. The van der Waals surface area contributed by atoms with Gasteiger partial charge in [-0.2, -0.15) is 14.6 Å². The second kappa shape index (κ2) is 12.7. The van der Waals surface area contributed by atoms with Crippen molar-refractivity contribution in [1.29, 1.82) is 0 Å². The fraction of sp³-hybridized carbons (Fsp3) is 0.406. The Morgan fingerprint density at radius 3 is 2.65 bits per heavy atom. The Morgan fingerprint density at radius 1 is 1.15 bits per heavy atom. The van der Waals surface area contributed by atoms with Crippen LogP contribution in [0.4, 0.5) is 21.0 Å². The van der Waals surface area contributed by atoms with Crippen molar-refractivity contribution in [1.82, 2.24) is 35.1 Å². The Labute approximate surface area is 265 Å². The van der Waals surface area contributed by atoms with E-state index in [-0.39, 0.29) is 5.41 Å². The maximum atomic E-state index is 14.0. The fourth-order valence-electron chi connectivity index (χ4n) is 6.26. The molecule has 0 saturated carbocycles. The van der Waals surface area contributed by atoms with Gasteiger partial charge in [-0.1, -0.05) is 18.2 Å². The van der Waals surface area contributed by atoms with Crippen LogP contribution in [0.3, 0.4) is 0 Å². The van der Waals surface area contributed by atoms with Gasteiger partial charge in [0.25, 0.3) is 0 Å². The molecule has 1 spiro atoms. The van der Waals surface area contributed by atoms with Crippen LogP contribution in [0, 0.1) is 18.3 Å². The van der Waals surface area contributed by atoms with Crippen LogP contribution in [0.1, 0.15) is 23.7 Å². The molecule has 2 amide bonds. The van der Waals surface area contributed by atoms with Crippen molar-refractivity contribution in [2.24, 2.45) is 5.41 Å². The molecule has 7 rings (SSSR count). The first-order chi connectivity index (χ1) is 22.4. The highest BCUT2D eigenvalue weighted by Gasteiger charge is 2.45. The number of hydrogen-bond acceptors (Lipinski definition) is 10. The number of ether oxygens (including phenoxy) is 2. The normalized spacial score (nSPS) is 20.6. The predicted octanol–water partition coefficient (Wildman–Crippen LogP) is 3.52. The Bertz CT molecular complexity index is 1680. The quantitative estimate of drug-likeness (QED) is 0.265. The van der Waals surface area contributed by atoms with Crippen LogP contribution >= 0.6 is 0 Å². The maximum Gasteiger partial charge on any atom is 0.320 e. The molecule has 13 nitrogen and oxygen atoms in total. The van der Waals surface area contributed by atoms with E-state index in [0.29, 0.717) is 42.7 Å². The summed E-state index contributed by atoms with van der Waals surface area (Å²) in [4.78, 5) is 34.9. The second-order valence-corrected chi connectivity index (χ2v) is 12.0. The van der Waals surface area contributed by atoms with Crippen molar-refractivity contribution in [2.45, 2.75) is 25.5 Å². The number of amides is 2. The van der Waals surface area contributed by atoms with E-state index < -0.39 is 24.1 Å². The lowest BCUT2D eigenvalue weighted by Crippen LogP contribution is -2.44. The first-order valence-corrected chi connectivity index (χ1v) is 15.3. The zero-order chi connectivity index (χ0) is 31.7. The Balaban J connectivity index is 1.13. The third kappa shape index (κ3) is 6.03. The summed E-state index contributed by atoms with van der Waals surface area (Å²) < 4.78 is 26.4. The van der Waals surface area contributed by atoms with E-state index in [4.69, 9.17) is 19.4 Å². The minimum Gasteiger partial charge on any atom is -0.383 e. The van der Waals surface area contributed by atoms with Gasteiger partial charge in [-0.05, 0) is 43.2 Å². The van der Waals surface area contributed by atoms with Crippen LogP contribution in [0.25, 0.3) is 16.9 Å². The maximum absolute atomic E-state index is 14.0. The lowest BCUT2D eigenvalue weighted by atomic mass is 9.85. The number of carbonyl (C=O) groups is 1. The van der Waals surface area contributed by atoms with Gasteiger partial charge < -0.3 is 19.7 Å². The van der Waals surface area contributed by atoms with Crippen molar-refractivity contribution in [2.75, 3.05) is 63.3 Å². The van der Waals surface area contributed by atoms with E-state index in [1.54, 1.807) is 35.3 Å². The van der Waals surface area contributed by atoms with Crippen LogP contribution < -0.4 is 15.5 Å². The summed E-state index contributed by atoms with van der Waals surface area (Å²) in [6.07, 6.45) is 5.40. The van der Waals surface area contributed by atoms with E-state index >= 15 is 0 Å². The van der Waals surface area contributed by atoms with E-state index in [2.05, 4.69) is 30.5 Å². The number of hydrogen-bond donors (Lipinski definition) is 2. The van der Waals surface area contributed by atoms with Crippen LogP contribution in [0.15, 0.2) is 61.1 Å². The van der Waals surface area contributed by atoms with Gasteiger partial charge in [-0.15, -0.1) is 0 Å². The van der Waals surface area contributed by atoms with E-state index in [1.165, 1.54) is 12.3 Å². The SMILES string of the molecule is COCCN1C[C@@H](NC(=O)Nc2c(C)c(-c3cnc(N4CCC5(COC5)C4)nc3)nn2-c2ccccc2)[C@H](c2ccnc(F)c2)O1. The smallest absolute Gasteiger partial charge is 0.320 e. The number of nitrogens with one attached hydrogen (secondary N) is 2. The molecule has 3 aliphatic rings. The first kappa shape index (κ1) is 30.2. The number of pyridine rings is 1. The fourth-order valence-corrected chi connectivity index (χ4v) is 6.26. The van der Waals surface area contributed by atoms with Crippen molar-refractivity contribution in [3.8, 4) is 16.9 Å². The van der Waals surface area contributed by atoms with Gasteiger partial charge in [-0.3, -0.25) is 10.2 Å². The third-order valence-electron chi connectivity index (χ3n) is 8.77. The molecule has 3 aliphatic heterocycles. The van der Waals surface area contributed by atoms with Crippen molar-refractivity contribution in [3.63, 3.8) is 0 Å². The summed E-state index contributed by atoms with van der Waals surface area (Å²) in [7, 11) is 1.61. The number of benzene rings is 1. The summed E-state index contributed by atoms with van der Waals surface area (Å²) in [6, 6.07) is 11.6. The number of anilines is 2. The summed E-state index contributed by atoms with van der Waals surface area (Å²) in [5.74, 6) is 0.562. The average Bonchev–Trinajstić information content (AvgIpc) is 3.77. The van der Waals surface area contributed by atoms with Gasteiger partial charge in [0.1, 0.15) is 17.6 Å². The lowest BCUT2D eigenvalue weighted by molar-refractivity contribution is -0.154. The van der Waals surface area contributed by atoms with Crippen molar-refractivity contribution >= 4 is 17.8 Å². The van der Waals surface area contributed by atoms with Crippen molar-refractivity contribution < 1.29 is 23.5 Å². The zero-order valence-electron chi connectivity index (χ0n) is 25.7. The summed E-state index contributed by atoms with van der Waals surface area (Å²) in [6.45, 7) is 6.59. The molecule has 0 radical (unpaired) electrons. The molecule has 3 aromatic heterocycles. The van der Waals surface area contributed by atoms with Gasteiger partial charge in [-0.25, -0.2) is 24.4 Å². The third-order valence-corrected chi connectivity index (χ3v) is 8.77. The van der Waals surface area contributed by atoms with Gasteiger partial charge in [0, 0.05) is 68.4 Å². The number of hydroxylamine groups is 2. The van der Waals surface area contributed by atoms with Crippen molar-refractivity contribution in [3.05, 3.63) is 78.1 Å². The molecular formula is C32H36FN9O4. The molecule has 14 heteroatoms. The summed E-state index contributed by atoms with van der Waals surface area (Å²) in [5.41, 5.74) is 3.71. The molecule has 240 valence electrons. The molecule has 46 heavy (non-hydrogen) atoms. The predicted molar refractivity (Wildman–Crippen MR) is 167 cm³/mol. The minimum atomic E-state index is -0.621. The Morgan fingerprint density at radius 2 is 1.96 bits per heavy atom. The van der Waals surface area contributed by atoms with Crippen LogP contribution in [0.5, 0.6) is 0 Å². The molecule has 2 atom stereocenters. The first-order valence-electron chi connectivity index (χ1n) is 15.3. The molecule has 6 heterocycles. The molecular weight excluding hydrogens is 593 g/mol. The molecule has 0 unspecified atom stereocenters. The topological polar surface area (TPSA) is 132 Å². The standard InChI is InChI=1S/C32H36FN9O4/c1-21-27(23-15-35-30(36-16-23)40-11-9-32(18-40)19-45-20-32)39-42(24-6-4-3-5-7-24)29(21)38-31(43)37-25-17-41(12-13-44-2)46-28(25)22-8-10-34-26(33)14-22/h3-8,10,14-16,25,28H,9,11-13,17-20H2,1-2H3,(H2,37,38,43)/t25-,28+/m1/s1. The Kier molecular flexibility index (Phi) is 8.34. The molecule has 4 aromatic rings. The number of aromatic nitrogens is 5. The van der Waals surface area contributed by atoms with Crippen LogP contribution in [-0.4, -0.2) is 95.0 Å². The van der Waals surface area contributed by atoms with Gasteiger partial charge in [0.2, 0.25) is 11.9 Å². The lowest BCUT2D eigenvalue weighted by Gasteiger charge is -2.37. The van der Waals surface area contributed by atoms with Gasteiger partial charge in [0.15, 0.2) is 0 Å². The number of carbonyl (C=O) groups excluding carboxylic acids is 1. The number of nitrogens with zero attached hydrogens (tertiary/aromatic N) is 7. The van der Waals surface area contributed by atoms with E-state index in [1.807, 2.05) is 37.3 Å². The molecule has 3 fully saturated rings. The average molecular weight is 630 g/mol. The summed E-state index contributed by atoms with van der Waals surface area (Å²) in [5, 5.41) is 12.7. The van der Waals surface area contributed by atoms with E-state index in [9.17, 15) is 9.18 Å². The number of urea groups is 1. The largest absolute Gasteiger partial charge is 0.383 e. The number of methoxy groups -OCH3 is 1. The summed E-state index contributed by atoms with van der Waals surface area (Å²) >= 11 is 0. The molecule has 0 bridgehead atoms. The molecule has 0 aliphatic carbocycles. The minimum absolute atomic E-state index is 0.232. The van der Waals surface area contributed by atoms with E-state index in [0.717, 1.165) is 49.5 Å². The zero-order valence-corrected chi connectivity index (χ0v) is 25.7. The monoisotopic (exact) mass is 629 g/mol.